The van der Waals surface area contributed by atoms with Crippen molar-refractivity contribution in [2.75, 3.05) is 0 Å². The molecule has 1 aliphatic carbocycles. The maximum Gasteiger partial charge on any atom is 0.0619 e. The van der Waals surface area contributed by atoms with Crippen molar-refractivity contribution in [2.45, 2.75) is 64.6 Å². The Hall–Kier alpha value is -0.0800. The molecule has 0 aromatic heterocycles. The average Bonchev–Trinajstić information content (AvgIpc) is 2.01. The normalized spacial score (nSPS) is 30.4. The number of aliphatic hydroxyl groups is 2. The molecule has 14 heavy (non-hydrogen) atoms. The quantitative estimate of drug-likeness (QED) is 0.718. The predicted octanol–water partition coefficient (Wildman–Crippen LogP) is 2.33. The lowest BCUT2D eigenvalue weighted by atomic mass is 9.69. The molecule has 0 spiro atoms. The Morgan fingerprint density at radius 3 is 1.50 bits per heavy atom. The van der Waals surface area contributed by atoms with Crippen LogP contribution in [0.3, 0.4) is 0 Å². The first-order chi connectivity index (χ1) is 6.21. The Balaban J connectivity index is 2.61. The van der Waals surface area contributed by atoms with Crippen LogP contribution in [0.5, 0.6) is 0 Å². The first kappa shape index (κ1) is 12.0. The van der Waals surface area contributed by atoms with E-state index >= 15 is 0 Å². The van der Waals surface area contributed by atoms with E-state index in [4.69, 9.17) is 0 Å². The molecule has 2 heteroatoms. The summed E-state index contributed by atoms with van der Waals surface area (Å²) in [4.78, 5) is 0. The summed E-state index contributed by atoms with van der Waals surface area (Å²) in [5.74, 6) is 0.681. The van der Waals surface area contributed by atoms with E-state index in [0.717, 1.165) is 25.7 Å². The summed E-state index contributed by atoms with van der Waals surface area (Å²) in [6.45, 7) is 7.52. The standard InChI is InChI=1S/C12H24O2/c1-11(2,13)9-6-5-7-10(8-9)12(3,4)14/h9-10,13-14H,5-8H2,1-4H3. The minimum atomic E-state index is -0.593. The van der Waals surface area contributed by atoms with Gasteiger partial charge in [0.25, 0.3) is 0 Å². The third-order valence-corrected chi connectivity index (χ3v) is 3.67. The molecule has 1 rings (SSSR count). The van der Waals surface area contributed by atoms with Crippen molar-refractivity contribution in [1.29, 1.82) is 0 Å². The number of hydrogen-bond acceptors (Lipinski definition) is 2. The van der Waals surface area contributed by atoms with Gasteiger partial charge in [0.15, 0.2) is 0 Å². The van der Waals surface area contributed by atoms with Gasteiger partial charge in [-0.2, -0.15) is 0 Å². The van der Waals surface area contributed by atoms with Crippen LogP contribution in [0.4, 0.5) is 0 Å². The van der Waals surface area contributed by atoms with Crippen molar-refractivity contribution in [3.05, 3.63) is 0 Å². The van der Waals surface area contributed by atoms with E-state index in [9.17, 15) is 10.2 Å². The highest BCUT2D eigenvalue weighted by molar-refractivity contribution is 4.88. The van der Waals surface area contributed by atoms with E-state index in [-0.39, 0.29) is 0 Å². The van der Waals surface area contributed by atoms with Gasteiger partial charge in [-0.05, 0) is 58.8 Å². The molecule has 0 amide bonds. The molecule has 2 atom stereocenters. The fraction of sp³-hybridized carbons (Fsp3) is 1.00. The van der Waals surface area contributed by atoms with Crippen LogP contribution in [-0.4, -0.2) is 21.4 Å². The van der Waals surface area contributed by atoms with Crippen molar-refractivity contribution in [1.82, 2.24) is 0 Å². The summed E-state index contributed by atoms with van der Waals surface area (Å²) >= 11 is 0. The SMILES string of the molecule is CC(C)(O)C1CCCC(C(C)(C)O)C1. The predicted molar refractivity (Wildman–Crippen MR) is 58.0 cm³/mol. The topological polar surface area (TPSA) is 40.5 Å². The Bertz CT molecular complexity index is 165. The average molecular weight is 200 g/mol. The lowest BCUT2D eigenvalue weighted by molar-refractivity contribution is -0.0555. The van der Waals surface area contributed by atoms with Gasteiger partial charge in [-0.1, -0.05) is 6.42 Å². The van der Waals surface area contributed by atoms with E-state index < -0.39 is 11.2 Å². The minimum absolute atomic E-state index is 0.340. The molecule has 0 aliphatic heterocycles. The smallest absolute Gasteiger partial charge is 0.0619 e. The Morgan fingerprint density at radius 2 is 1.21 bits per heavy atom. The molecule has 1 fully saturated rings. The summed E-state index contributed by atoms with van der Waals surface area (Å²) in [5.41, 5.74) is -1.19. The highest BCUT2D eigenvalue weighted by Gasteiger charge is 2.37. The van der Waals surface area contributed by atoms with Crippen molar-refractivity contribution in [2.24, 2.45) is 11.8 Å². The van der Waals surface area contributed by atoms with Crippen LogP contribution in [-0.2, 0) is 0 Å². The summed E-state index contributed by atoms with van der Waals surface area (Å²) in [5, 5.41) is 19.9. The second-order valence-corrected chi connectivity index (χ2v) is 5.87. The van der Waals surface area contributed by atoms with Gasteiger partial charge in [0.05, 0.1) is 11.2 Å². The fourth-order valence-electron chi connectivity index (χ4n) is 2.47. The largest absolute Gasteiger partial charge is 0.390 e. The zero-order valence-corrected chi connectivity index (χ0v) is 9.88. The molecule has 2 nitrogen and oxygen atoms in total. The van der Waals surface area contributed by atoms with E-state index in [1.165, 1.54) is 0 Å². The first-order valence-corrected chi connectivity index (χ1v) is 5.66. The van der Waals surface area contributed by atoms with E-state index in [2.05, 4.69) is 0 Å². The van der Waals surface area contributed by atoms with Crippen LogP contribution in [0.15, 0.2) is 0 Å². The van der Waals surface area contributed by atoms with Crippen molar-refractivity contribution in [3.63, 3.8) is 0 Å². The maximum atomic E-state index is 9.94. The van der Waals surface area contributed by atoms with Crippen molar-refractivity contribution >= 4 is 0 Å². The molecular weight excluding hydrogens is 176 g/mol. The molecule has 2 N–H and O–H groups in total. The number of rotatable bonds is 2. The van der Waals surface area contributed by atoms with E-state index in [1.54, 1.807) is 0 Å². The Labute approximate surface area is 87.3 Å². The van der Waals surface area contributed by atoms with Gasteiger partial charge in [-0.25, -0.2) is 0 Å². The minimum Gasteiger partial charge on any atom is -0.390 e. The summed E-state index contributed by atoms with van der Waals surface area (Å²) in [7, 11) is 0. The van der Waals surface area contributed by atoms with Gasteiger partial charge in [0.1, 0.15) is 0 Å². The molecule has 1 saturated carbocycles. The summed E-state index contributed by atoms with van der Waals surface area (Å²) < 4.78 is 0. The molecule has 0 heterocycles. The highest BCUT2D eigenvalue weighted by atomic mass is 16.3. The summed E-state index contributed by atoms with van der Waals surface area (Å²) in [6.07, 6.45) is 4.27. The van der Waals surface area contributed by atoms with Gasteiger partial charge in [-0.15, -0.1) is 0 Å². The molecule has 0 bridgehead atoms. The van der Waals surface area contributed by atoms with Crippen LogP contribution < -0.4 is 0 Å². The van der Waals surface area contributed by atoms with Gasteiger partial charge in [0, 0.05) is 0 Å². The van der Waals surface area contributed by atoms with Crippen molar-refractivity contribution in [3.8, 4) is 0 Å². The van der Waals surface area contributed by atoms with E-state index in [1.807, 2.05) is 27.7 Å². The van der Waals surface area contributed by atoms with Crippen LogP contribution in [0.2, 0.25) is 0 Å². The van der Waals surface area contributed by atoms with Crippen LogP contribution >= 0.6 is 0 Å². The lowest BCUT2D eigenvalue weighted by Gasteiger charge is -2.41. The highest BCUT2D eigenvalue weighted by Crippen LogP contribution is 2.39. The van der Waals surface area contributed by atoms with Gasteiger partial charge >= 0.3 is 0 Å². The van der Waals surface area contributed by atoms with Crippen LogP contribution in [0, 0.1) is 11.8 Å². The molecule has 1 aliphatic rings. The van der Waals surface area contributed by atoms with Gasteiger partial charge in [-0.3, -0.25) is 0 Å². The Kier molecular flexibility index (Phi) is 3.27. The maximum absolute atomic E-state index is 9.94. The van der Waals surface area contributed by atoms with Gasteiger partial charge in [0.2, 0.25) is 0 Å². The van der Waals surface area contributed by atoms with E-state index in [0.29, 0.717) is 11.8 Å². The molecule has 0 saturated heterocycles. The zero-order valence-electron chi connectivity index (χ0n) is 9.88. The molecule has 84 valence electrons. The molecule has 0 radical (unpaired) electrons. The van der Waals surface area contributed by atoms with Gasteiger partial charge < -0.3 is 10.2 Å². The van der Waals surface area contributed by atoms with Crippen LogP contribution in [0.1, 0.15) is 53.4 Å². The molecule has 2 unspecified atom stereocenters. The van der Waals surface area contributed by atoms with Crippen LogP contribution in [0.25, 0.3) is 0 Å². The third-order valence-electron chi connectivity index (χ3n) is 3.67. The zero-order chi connectivity index (χ0) is 11.0. The lowest BCUT2D eigenvalue weighted by Crippen LogP contribution is -2.41. The first-order valence-electron chi connectivity index (χ1n) is 5.66. The molecule has 0 aromatic rings. The third kappa shape index (κ3) is 2.96. The Morgan fingerprint density at radius 1 is 0.857 bits per heavy atom. The second-order valence-electron chi connectivity index (χ2n) is 5.87. The monoisotopic (exact) mass is 200 g/mol. The van der Waals surface area contributed by atoms with Crippen molar-refractivity contribution < 1.29 is 10.2 Å². The second kappa shape index (κ2) is 3.82. The fourth-order valence-corrected chi connectivity index (χ4v) is 2.47. The molecule has 0 aromatic carbocycles. The summed E-state index contributed by atoms with van der Waals surface area (Å²) in [6, 6.07) is 0. The molecular formula is C12H24O2. The number of hydrogen-bond donors (Lipinski definition) is 2.